The molecule has 1 saturated carbocycles. The summed E-state index contributed by atoms with van der Waals surface area (Å²) in [6.07, 6.45) is 2.09. The van der Waals surface area contributed by atoms with Gasteiger partial charge >= 0.3 is 12.2 Å². The summed E-state index contributed by atoms with van der Waals surface area (Å²) < 4.78 is 6.68. The predicted molar refractivity (Wildman–Crippen MR) is 148 cm³/mol. The average Bonchev–Trinajstić information content (AvgIpc) is 3.12. The normalized spacial score (nSPS) is 22.8. The van der Waals surface area contributed by atoms with Gasteiger partial charge in [0.1, 0.15) is 17.2 Å². The second-order valence-electron chi connectivity index (χ2n) is 12.9. The SMILES string of the molecule is Cc1cc(Nc2cc3ncccc3c(NC3CC4(C3)CN(C(=O)O)C4C(C)(C)C)n2)nn1C(=O)OC(C)(C)C. The van der Waals surface area contributed by atoms with E-state index in [-0.39, 0.29) is 22.9 Å². The number of pyridine rings is 2. The van der Waals surface area contributed by atoms with Crippen molar-refractivity contribution in [2.75, 3.05) is 17.2 Å². The van der Waals surface area contributed by atoms with Gasteiger partial charge < -0.3 is 25.4 Å². The van der Waals surface area contributed by atoms with Gasteiger partial charge in [-0.05, 0) is 58.1 Å². The highest BCUT2D eigenvalue weighted by molar-refractivity contribution is 5.91. The molecule has 1 aliphatic carbocycles. The Morgan fingerprint density at radius 3 is 2.49 bits per heavy atom. The number of fused-ring (bicyclic) bond motifs is 1. The number of amides is 1. The molecule has 0 bridgehead atoms. The highest BCUT2D eigenvalue weighted by atomic mass is 16.6. The molecule has 1 spiro atoms. The molecule has 5 rings (SSSR count). The van der Waals surface area contributed by atoms with Crippen molar-refractivity contribution in [3.8, 4) is 0 Å². The van der Waals surface area contributed by atoms with Crippen LogP contribution in [0.1, 0.15) is 60.1 Å². The number of ether oxygens (including phenoxy) is 1. The smallest absolute Gasteiger partial charge is 0.435 e. The number of aryl methyl sites for hydroxylation is 1. The molecule has 1 atom stereocenters. The number of hydrogen-bond donors (Lipinski definition) is 3. The van der Waals surface area contributed by atoms with Crippen LogP contribution in [0.15, 0.2) is 30.5 Å². The van der Waals surface area contributed by atoms with Crippen LogP contribution in [0.25, 0.3) is 10.9 Å². The van der Waals surface area contributed by atoms with Crippen LogP contribution in [0.2, 0.25) is 0 Å². The Morgan fingerprint density at radius 2 is 1.85 bits per heavy atom. The van der Waals surface area contributed by atoms with Crippen molar-refractivity contribution in [1.29, 1.82) is 0 Å². The number of likely N-dealkylation sites (tertiary alicyclic amines) is 1. The Bertz CT molecular complexity index is 1430. The molecule has 39 heavy (non-hydrogen) atoms. The molecule has 208 valence electrons. The molecule has 11 nitrogen and oxygen atoms in total. The van der Waals surface area contributed by atoms with Crippen molar-refractivity contribution >= 4 is 40.5 Å². The second kappa shape index (κ2) is 9.10. The molecule has 3 aromatic rings. The first-order chi connectivity index (χ1) is 18.1. The van der Waals surface area contributed by atoms with Crippen LogP contribution in [0, 0.1) is 17.8 Å². The van der Waals surface area contributed by atoms with Crippen molar-refractivity contribution < 1.29 is 19.4 Å². The van der Waals surface area contributed by atoms with Crippen LogP contribution in [0.5, 0.6) is 0 Å². The Hall–Kier alpha value is -3.89. The van der Waals surface area contributed by atoms with E-state index >= 15 is 0 Å². The third-order valence-electron chi connectivity index (χ3n) is 7.40. The van der Waals surface area contributed by atoms with Gasteiger partial charge in [0.2, 0.25) is 0 Å². The highest BCUT2D eigenvalue weighted by Gasteiger charge is 2.64. The maximum Gasteiger partial charge on any atom is 0.435 e. The largest absolute Gasteiger partial charge is 0.465 e. The number of carbonyl (C=O) groups is 2. The fourth-order valence-corrected chi connectivity index (χ4v) is 6.27. The topological polar surface area (TPSA) is 134 Å². The van der Waals surface area contributed by atoms with Gasteiger partial charge in [0.15, 0.2) is 5.82 Å². The summed E-state index contributed by atoms with van der Waals surface area (Å²) in [4.78, 5) is 35.2. The number of rotatable bonds is 4. The van der Waals surface area contributed by atoms with E-state index in [4.69, 9.17) is 9.72 Å². The van der Waals surface area contributed by atoms with Gasteiger partial charge in [-0.2, -0.15) is 4.68 Å². The molecule has 2 fully saturated rings. The Labute approximate surface area is 227 Å². The molecule has 0 radical (unpaired) electrons. The van der Waals surface area contributed by atoms with E-state index in [1.54, 1.807) is 24.1 Å². The molecule has 3 N–H and O–H groups in total. The van der Waals surface area contributed by atoms with E-state index in [0.717, 1.165) is 23.7 Å². The zero-order chi connectivity index (χ0) is 28.3. The van der Waals surface area contributed by atoms with Gasteiger partial charge in [0.05, 0.1) is 5.52 Å². The number of carbonyl (C=O) groups excluding carboxylic acids is 1. The number of nitrogens with zero attached hydrogens (tertiary/aromatic N) is 5. The summed E-state index contributed by atoms with van der Waals surface area (Å²) in [6, 6.07) is 7.62. The van der Waals surface area contributed by atoms with Crippen LogP contribution in [-0.2, 0) is 4.74 Å². The molecule has 3 aromatic heterocycles. The number of carboxylic acid groups (broad SMARTS) is 1. The lowest BCUT2D eigenvalue weighted by atomic mass is 9.50. The van der Waals surface area contributed by atoms with Crippen LogP contribution >= 0.6 is 0 Å². The fourth-order valence-electron chi connectivity index (χ4n) is 6.27. The molecule has 2 aliphatic rings. The van der Waals surface area contributed by atoms with Gasteiger partial charge in [-0.1, -0.05) is 20.8 Å². The summed E-state index contributed by atoms with van der Waals surface area (Å²) >= 11 is 0. The Morgan fingerprint density at radius 1 is 1.13 bits per heavy atom. The summed E-state index contributed by atoms with van der Waals surface area (Å²) in [7, 11) is 0. The van der Waals surface area contributed by atoms with Crippen LogP contribution in [0.3, 0.4) is 0 Å². The van der Waals surface area contributed by atoms with E-state index in [9.17, 15) is 14.7 Å². The van der Waals surface area contributed by atoms with Crippen molar-refractivity contribution in [2.24, 2.45) is 10.8 Å². The fraction of sp³-hybridized carbons (Fsp3) is 0.536. The minimum Gasteiger partial charge on any atom is -0.465 e. The molecule has 11 heteroatoms. The zero-order valence-corrected chi connectivity index (χ0v) is 23.6. The number of aromatic nitrogens is 4. The molecular weight excluding hydrogens is 498 g/mol. The lowest BCUT2D eigenvalue weighted by Gasteiger charge is -2.67. The van der Waals surface area contributed by atoms with Crippen molar-refractivity contribution in [2.45, 2.75) is 79.0 Å². The molecule has 4 heterocycles. The third kappa shape index (κ3) is 5.09. The van der Waals surface area contributed by atoms with E-state index in [1.165, 1.54) is 4.68 Å². The minimum absolute atomic E-state index is 0.00968. The molecular formula is C28H37N7O4. The maximum absolute atomic E-state index is 12.5. The minimum atomic E-state index is -0.848. The van der Waals surface area contributed by atoms with Gasteiger partial charge in [-0.25, -0.2) is 14.6 Å². The summed E-state index contributed by atoms with van der Waals surface area (Å²) in [5.41, 5.74) is 0.620. The number of hydrogen-bond acceptors (Lipinski definition) is 8. The lowest BCUT2D eigenvalue weighted by Crippen LogP contribution is -2.75. The van der Waals surface area contributed by atoms with Crippen LogP contribution in [-0.4, -0.2) is 66.2 Å². The number of anilines is 3. The van der Waals surface area contributed by atoms with Crippen molar-refractivity contribution in [3.63, 3.8) is 0 Å². The van der Waals surface area contributed by atoms with Crippen molar-refractivity contribution in [3.05, 3.63) is 36.2 Å². The zero-order valence-electron chi connectivity index (χ0n) is 23.6. The summed E-state index contributed by atoms with van der Waals surface area (Å²) in [6.45, 7) is 14.1. The van der Waals surface area contributed by atoms with E-state index < -0.39 is 17.8 Å². The Balaban J connectivity index is 1.35. The molecule has 1 aliphatic heterocycles. The van der Waals surface area contributed by atoms with Crippen LogP contribution in [0.4, 0.5) is 27.0 Å². The van der Waals surface area contributed by atoms with Gasteiger partial charge in [0.25, 0.3) is 0 Å². The van der Waals surface area contributed by atoms with E-state index in [2.05, 4.69) is 41.5 Å². The molecule has 1 unspecified atom stereocenters. The predicted octanol–water partition coefficient (Wildman–Crippen LogP) is 5.63. The van der Waals surface area contributed by atoms with Gasteiger partial charge in [-0.3, -0.25) is 4.98 Å². The average molecular weight is 536 g/mol. The number of nitrogens with one attached hydrogen (secondary N) is 2. The van der Waals surface area contributed by atoms with Crippen molar-refractivity contribution in [1.82, 2.24) is 24.6 Å². The first kappa shape index (κ1) is 26.7. The quantitative estimate of drug-likeness (QED) is 0.388. The first-order valence-corrected chi connectivity index (χ1v) is 13.2. The monoisotopic (exact) mass is 535 g/mol. The summed E-state index contributed by atoms with van der Waals surface area (Å²) in [5, 5.41) is 21.7. The van der Waals surface area contributed by atoms with Crippen LogP contribution < -0.4 is 10.6 Å². The maximum atomic E-state index is 12.5. The summed E-state index contributed by atoms with van der Waals surface area (Å²) in [5.74, 6) is 1.71. The second-order valence-corrected chi connectivity index (χ2v) is 12.9. The first-order valence-electron chi connectivity index (χ1n) is 13.2. The molecule has 0 aromatic carbocycles. The lowest BCUT2D eigenvalue weighted by molar-refractivity contribution is -0.153. The molecule has 1 amide bonds. The molecule has 1 saturated heterocycles. The third-order valence-corrected chi connectivity index (χ3v) is 7.40. The highest BCUT2D eigenvalue weighted by Crippen LogP contribution is 2.58. The van der Waals surface area contributed by atoms with E-state index in [1.807, 2.05) is 39.0 Å². The standard InChI is InChI=1S/C28H37N7O4/c1-16-11-21(33-35(16)25(38)39-27(5,6)7)31-20-12-19-18(9-8-10-29-19)22(32-20)30-17-13-28(14-17)15-34(24(36)37)23(28)26(2,3)4/h8-12,17,23H,13-15H2,1-7H3,(H,36,37)(H2,30,31,32,33). The van der Waals surface area contributed by atoms with Gasteiger partial charge in [-0.15, -0.1) is 5.10 Å². The van der Waals surface area contributed by atoms with E-state index in [0.29, 0.717) is 29.7 Å². The Kier molecular flexibility index (Phi) is 6.23. The van der Waals surface area contributed by atoms with Gasteiger partial charge in [0, 0.05) is 53.5 Å².